The number of rotatable bonds is 5. The highest BCUT2D eigenvalue weighted by Gasteiger charge is 2.36. The molecule has 4 heteroatoms. The lowest BCUT2D eigenvalue weighted by Crippen LogP contribution is -2.14. The smallest absolute Gasteiger partial charge is 0.160 e. The summed E-state index contributed by atoms with van der Waals surface area (Å²) in [5, 5.41) is 5.00. The summed E-state index contributed by atoms with van der Waals surface area (Å²) in [7, 11) is 0. The van der Waals surface area contributed by atoms with Crippen molar-refractivity contribution in [3.05, 3.63) is 205 Å². The largest absolute Gasteiger partial charge is 0.309 e. The van der Waals surface area contributed by atoms with Crippen LogP contribution in [-0.4, -0.2) is 19.1 Å². The van der Waals surface area contributed by atoms with Crippen molar-refractivity contribution in [3.63, 3.8) is 0 Å². The molecule has 0 atom stereocenters. The van der Waals surface area contributed by atoms with E-state index in [0.717, 1.165) is 39.5 Å². The molecule has 3 heterocycles. The first-order valence-corrected chi connectivity index (χ1v) is 20.3. The molecule has 12 rings (SSSR count). The van der Waals surface area contributed by atoms with E-state index >= 15 is 0 Å². The fourth-order valence-corrected chi connectivity index (χ4v) is 9.67. The van der Waals surface area contributed by atoms with Crippen LogP contribution in [0.1, 0.15) is 25.0 Å². The molecule has 0 radical (unpaired) electrons. The molecule has 0 spiro atoms. The number of hydrogen-bond donors (Lipinski definition) is 0. The number of hydrogen-bond acceptors (Lipinski definition) is 2. The van der Waals surface area contributed by atoms with E-state index in [2.05, 4.69) is 205 Å². The monoisotopic (exact) mass is 754 g/mol. The quantitative estimate of drug-likeness (QED) is 0.175. The van der Waals surface area contributed by atoms with Crippen LogP contribution in [0.2, 0.25) is 0 Å². The van der Waals surface area contributed by atoms with Crippen molar-refractivity contribution in [1.82, 2.24) is 19.1 Å². The molecule has 59 heavy (non-hydrogen) atoms. The summed E-state index contributed by atoms with van der Waals surface area (Å²) in [5.41, 5.74) is 17.2. The summed E-state index contributed by atoms with van der Waals surface area (Å²) in [5.74, 6) is 0.700. The van der Waals surface area contributed by atoms with Crippen LogP contribution >= 0.6 is 0 Å². The molecule has 278 valence electrons. The zero-order valence-corrected chi connectivity index (χ0v) is 32.8. The van der Waals surface area contributed by atoms with Crippen molar-refractivity contribution in [1.29, 1.82) is 0 Å². The van der Waals surface area contributed by atoms with Gasteiger partial charge in [-0.3, -0.25) is 0 Å². The third kappa shape index (κ3) is 5.09. The lowest BCUT2D eigenvalue weighted by molar-refractivity contribution is 0.661. The van der Waals surface area contributed by atoms with Gasteiger partial charge in [0, 0.05) is 55.0 Å². The number of para-hydroxylation sites is 2. The zero-order valence-electron chi connectivity index (χ0n) is 32.8. The van der Waals surface area contributed by atoms with Crippen LogP contribution in [0, 0.1) is 0 Å². The molecule has 0 amide bonds. The highest BCUT2D eigenvalue weighted by Crippen LogP contribution is 2.51. The fourth-order valence-electron chi connectivity index (χ4n) is 9.67. The Labute approximate surface area is 342 Å². The van der Waals surface area contributed by atoms with Crippen molar-refractivity contribution in [3.8, 4) is 56.4 Å². The number of benzene rings is 8. The van der Waals surface area contributed by atoms with Crippen molar-refractivity contribution in [2.75, 3.05) is 0 Å². The van der Waals surface area contributed by atoms with Gasteiger partial charge >= 0.3 is 0 Å². The van der Waals surface area contributed by atoms with Gasteiger partial charge in [0.1, 0.15) is 0 Å². The fraction of sp³-hybridized carbons (Fsp3) is 0.0545. The molecule has 0 aliphatic heterocycles. The van der Waals surface area contributed by atoms with Gasteiger partial charge in [0.25, 0.3) is 0 Å². The molecule has 0 bridgehead atoms. The van der Waals surface area contributed by atoms with Gasteiger partial charge in [-0.15, -0.1) is 0 Å². The van der Waals surface area contributed by atoms with Crippen molar-refractivity contribution < 1.29 is 0 Å². The van der Waals surface area contributed by atoms with Gasteiger partial charge in [-0.05, 0) is 95.1 Å². The highest BCUT2D eigenvalue weighted by molar-refractivity contribution is 6.13. The summed E-state index contributed by atoms with van der Waals surface area (Å²) in [6, 6.07) is 69.9. The first-order chi connectivity index (χ1) is 29.0. The Balaban J connectivity index is 1.07. The minimum atomic E-state index is -0.118. The van der Waals surface area contributed by atoms with Crippen LogP contribution in [0.5, 0.6) is 0 Å². The normalized spacial score (nSPS) is 13.1. The molecule has 0 saturated carbocycles. The van der Waals surface area contributed by atoms with Crippen molar-refractivity contribution in [2.45, 2.75) is 19.3 Å². The molecular formula is C55H38N4. The van der Waals surface area contributed by atoms with Crippen LogP contribution in [0.3, 0.4) is 0 Å². The second-order valence-electron chi connectivity index (χ2n) is 16.2. The van der Waals surface area contributed by atoms with Crippen LogP contribution in [0.4, 0.5) is 0 Å². The Kier molecular flexibility index (Phi) is 7.24. The topological polar surface area (TPSA) is 35.6 Å². The average molecular weight is 755 g/mol. The predicted octanol–water partition coefficient (Wildman–Crippen LogP) is 14.0. The molecule has 0 N–H and O–H groups in total. The Morgan fingerprint density at radius 2 is 0.881 bits per heavy atom. The third-order valence-electron chi connectivity index (χ3n) is 12.5. The third-order valence-corrected chi connectivity index (χ3v) is 12.5. The van der Waals surface area contributed by atoms with Gasteiger partial charge in [0.15, 0.2) is 5.82 Å². The van der Waals surface area contributed by atoms with E-state index < -0.39 is 0 Å². The molecule has 11 aromatic rings. The lowest BCUT2D eigenvalue weighted by atomic mass is 9.82. The van der Waals surface area contributed by atoms with E-state index in [4.69, 9.17) is 9.97 Å². The molecule has 1 aliphatic rings. The van der Waals surface area contributed by atoms with Gasteiger partial charge in [-0.1, -0.05) is 135 Å². The summed E-state index contributed by atoms with van der Waals surface area (Å²) in [6.07, 6.45) is 0. The molecule has 0 fully saturated rings. The highest BCUT2D eigenvalue weighted by atomic mass is 15.0. The standard InChI is InChI=1S/C55H38N4/c1-55(2)46-22-12-9-19-40(46)43-33-53-45(32-47(43)55)44-31-39(59-50-23-13-10-20-41(50)42-21-11-14-24-51(42)59)29-30-52(44)58(53)38-27-25-37(26-28-38)54-56-48(35-15-5-3-6-16-35)34-49(57-54)36-17-7-4-8-18-36/h3-34H,1-2H3. The Morgan fingerprint density at radius 1 is 0.356 bits per heavy atom. The molecule has 1 aliphatic carbocycles. The van der Waals surface area contributed by atoms with Gasteiger partial charge in [0.05, 0.1) is 33.5 Å². The van der Waals surface area contributed by atoms with Crippen LogP contribution in [0.25, 0.3) is 100 Å². The molecule has 8 aromatic carbocycles. The Bertz CT molecular complexity index is 3330. The van der Waals surface area contributed by atoms with Crippen LogP contribution in [-0.2, 0) is 5.41 Å². The average Bonchev–Trinajstić information content (AvgIpc) is 3.88. The van der Waals surface area contributed by atoms with Gasteiger partial charge < -0.3 is 9.13 Å². The zero-order chi connectivity index (χ0) is 39.2. The van der Waals surface area contributed by atoms with E-state index in [1.165, 1.54) is 65.9 Å². The molecule has 4 nitrogen and oxygen atoms in total. The summed E-state index contributed by atoms with van der Waals surface area (Å²) >= 11 is 0. The van der Waals surface area contributed by atoms with E-state index in [-0.39, 0.29) is 5.41 Å². The maximum atomic E-state index is 5.12. The van der Waals surface area contributed by atoms with Crippen LogP contribution < -0.4 is 0 Å². The SMILES string of the molecule is CC1(C)c2ccccc2-c2cc3c(cc21)c1cc(-n2c4ccccc4c4ccccc42)ccc1n3-c1ccc(-c2nc(-c3ccccc3)cc(-c3ccccc3)n2)cc1. The maximum Gasteiger partial charge on any atom is 0.160 e. The molecule has 3 aromatic heterocycles. The second kappa shape index (κ2) is 12.7. The number of nitrogens with zero attached hydrogens (tertiary/aromatic N) is 4. The lowest BCUT2D eigenvalue weighted by Gasteiger charge is -2.21. The second-order valence-corrected chi connectivity index (χ2v) is 16.2. The first-order valence-electron chi connectivity index (χ1n) is 20.3. The Hall–Kier alpha value is -7.56. The Morgan fingerprint density at radius 3 is 1.54 bits per heavy atom. The minimum Gasteiger partial charge on any atom is -0.309 e. The summed E-state index contributed by atoms with van der Waals surface area (Å²) in [6.45, 7) is 4.73. The van der Waals surface area contributed by atoms with Crippen molar-refractivity contribution >= 4 is 43.6 Å². The van der Waals surface area contributed by atoms with E-state index in [1.54, 1.807) is 0 Å². The van der Waals surface area contributed by atoms with Gasteiger partial charge in [0.2, 0.25) is 0 Å². The summed E-state index contributed by atoms with van der Waals surface area (Å²) < 4.78 is 4.86. The maximum absolute atomic E-state index is 5.12. The molecular weight excluding hydrogens is 717 g/mol. The predicted molar refractivity (Wildman–Crippen MR) is 245 cm³/mol. The van der Waals surface area contributed by atoms with Crippen molar-refractivity contribution in [2.24, 2.45) is 0 Å². The molecule has 0 saturated heterocycles. The first kappa shape index (κ1) is 33.6. The number of fused-ring (bicyclic) bond motifs is 9. The van der Waals surface area contributed by atoms with Crippen LogP contribution in [0.15, 0.2) is 194 Å². The summed E-state index contributed by atoms with van der Waals surface area (Å²) in [4.78, 5) is 10.2. The van der Waals surface area contributed by atoms with E-state index in [9.17, 15) is 0 Å². The van der Waals surface area contributed by atoms with E-state index in [1.807, 2.05) is 12.1 Å². The minimum absolute atomic E-state index is 0.118. The van der Waals surface area contributed by atoms with Gasteiger partial charge in [-0.25, -0.2) is 9.97 Å². The number of aromatic nitrogens is 4. The molecule has 0 unspecified atom stereocenters. The van der Waals surface area contributed by atoms with Gasteiger partial charge in [-0.2, -0.15) is 0 Å². The van der Waals surface area contributed by atoms with E-state index in [0.29, 0.717) is 5.82 Å².